The molecule has 0 aromatic heterocycles. The third-order valence-corrected chi connectivity index (χ3v) is 2.36. The van der Waals surface area contributed by atoms with Crippen LogP contribution in [0.4, 0.5) is 4.39 Å². The molecule has 0 heterocycles. The maximum Gasteiger partial charge on any atom is 0.143 e. The summed E-state index contributed by atoms with van der Waals surface area (Å²) < 4.78 is 13.6. The van der Waals surface area contributed by atoms with Crippen molar-refractivity contribution in [3.8, 4) is 0 Å². The van der Waals surface area contributed by atoms with E-state index in [0.29, 0.717) is 4.47 Å². The highest BCUT2D eigenvalue weighted by Gasteiger charge is 2.13. The van der Waals surface area contributed by atoms with Crippen LogP contribution in [-0.2, 0) is 0 Å². The van der Waals surface area contributed by atoms with Gasteiger partial charge in [0.05, 0.1) is 10.6 Å². The molecule has 0 amide bonds. The molecule has 0 aliphatic rings. The number of aliphatic hydroxyl groups excluding tert-OH is 2. The van der Waals surface area contributed by atoms with Crippen molar-refractivity contribution in [3.63, 3.8) is 0 Å². The van der Waals surface area contributed by atoms with Gasteiger partial charge in [-0.25, -0.2) is 4.39 Å². The third-order valence-electron chi connectivity index (χ3n) is 1.74. The molecule has 0 aliphatic carbocycles. The Hall–Kier alpha value is -0.450. The van der Waals surface area contributed by atoms with Gasteiger partial charge in [0.1, 0.15) is 5.82 Å². The van der Waals surface area contributed by atoms with Gasteiger partial charge >= 0.3 is 0 Å². The van der Waals surface area contributed by atoms with Crippen LogP contribution in [0.1, 0.15) is 18.1 Å². The lowest BCUT2D eigenvalue weighted by atomic mass is 10.1. The fourth-order valence-electron chi connectivity index (χ4n) is 1.06. The van der Waals surface area contributed by atoms with E-state index in [1.807, 2.05) is 0 Å². The molecule has 1 atom stereocenters. The van der Waals surface area contributed by atoms with Crippen LogP contribution in [0.15, 0.2) is 22.7 Å². The van der Waals surface area contributed by atoms with Crippen LogP contribution in [0.5, 0.6) is 0 Å². The Balaban J connectivity index is 2.93. The van der Waals surface area contributed by atoms with Gasteiger partial charge in [0, 0.05) is 18.6 Å². The molecule has 1 aromatic carbocycles. The molecule has 4 heteroatoms. The van der Waals surface area contributed by atoms with E-state index in [4.69, 9.17) is 5.11 Å². The van der Waals surface area contributed by atoms with E-state index in [2.05, 4.69) is 15.9 Å². The first kappa shape index (κ1) is 10.6. The molecule has 0 spiro atoms. The van der Waals surface area contributed by atoms with E-state index in [0.717, 1.165) is 0 Å². The minimum atomic E-state index is -0.942. The van der Waals surface area contributed by atoms with Crippen molar-refractivity contribution < 1.29 is 14.6 Å². The molecule has 0 aliphatic heterocycles. The monoisotopic (exact) mass is 248 g/mol. The highest BCUT2D eigenvalue weighted by atomic mass is 79.9. The summed E-state index contributed by atoms with van der Waals surface area (Å²) in [5, 5.41) is 18.0. The number of rotatable bonds is 3. The van der Waals surface area contributed by atoms with Crippen LogP contribution in [0, 0.1) is 5.82 Å². The van der Waals surface area contributed by atoms with Crippen molar-refractivity contribution in [2.45, 2.75) is 12.5 Å². The summed E-state index contributed by atoms with van der Waals surface area (Å²) in [6.07, 6.45) is -0.796. The molecule has 0 saturated heterocycles. The topological polar surface area (TPSA) is 40.5 Å². The first-order chi connectivity index (χ1) is 6.16. The van der Waals surface area contributed by atoms with Crippen LogP contribution in [0.25, 0.3) is 0 Å². The fraction of sp³-hybridized carbons (Fsp3) is 0.333. The normalized spacial score (nSPS) is 12.9. The van der Waals surface area contributed by atoms with E-state index in [-0.39, 0.29) is 18.6 Å². The van der Waals surface area contributed by atoms with Gasteiger partial charge in [-0.05, 0) is 22.0 Å². The molecular weight excluding hydrogens is 239 g/mol. The van der Waals surface area contributed by atoms with E-state index in [1.54, 1.807) is 12.1 Å². The lowest BCUT2D eigenvalue weighted by molar-refractivity contribution is 0.131. The van der Waals surface area contributed by atoms with Gasteiger partial charge in [-0.2, -0.15) is 0 Å². The largest absolute Gasteiger partial charge is 0.396 e. The van der Waals surface area contributed by atoms with Gasteiger partial charge < -0.3 is 10.2 Å². The highest BCUT2D eigenvalue weighted by molar-refractivity contribution is 9.10. The number of halogens is 2. The van der Waals surface area contributed by atoms with Crippen molar-refractivity contribution in [2.75, 3.05) is 6.61 Å². The lowest BCUT2D eigenvalue weighted by Crippen LogP contribution is -2.03. The Morgan fingerprint density at radius 3 is 2.77 bits per heavy atom. The second-order valence-electron chi connectivity index (χ2n) is 2.67. The molecule has 1 aromatic rings. The lowest BCUT2D eigenvalue weighted by Gasteiger charge is -2.10. The maximum atomic E-state index is 13.3. The van der Waals surface area contributed by atoms with Crippen molar-refractivity contribution in [3.05, 3.63) is 34.1 Å². The average Bonchev–Trinajstić information content (AvgIpc) is 2.10. The van der Waals surface area contributed by atoms with E-state index in [1.165, 1.54) is 6.07 Å². The minimum absolute atomic E-state index is 0.146. The van der Waals surface area contributed by atoms with Gasteiger partial charge in [0.25, 0.3) is 0 Å². The quantitative estimate of drug-likeness (QED) is 0.860. The fourth-order valence-corrected chi connectivity index (χ4v) is 1.44. The molecule has 0 fully saturated rings. The van der Waals surface area contributed by atoms with E-state index < -0.39 is 11.9 Å². The molecule has 2 N–H and O–H groups in total. The van der Waals surface area contributed by atoms with Gasteiger partial charge in [-0.15, -0.1) is 0 Å². The maximum absolute atomic E-state index is 13.3. The Kier molecular flexibility index (Phi) is 3.84. The summed E-state index contributed by atoms with van der Waals surface area (Å²) in [4.78, 5) is 0. The van der Waals surface area contributed by atoms with Crippen LogP contribution >= 0.6 is 15.9 Å². The molecular formula is C9H10BrFO2. The summed E-state index contributed by atoms with van der Waals surface area (Å²) >= 11 is 3.02. The van der Waals surface area contributed by atoms with Gasteiger partial charge in [-0.1, -0.05) is 12.1 Å². The summed E-state index contributed by atoms with van der Waals surface area (Å²) in [6, 6.07) is 4.70. The highest BCUT2D eigenvalue weighted by Crippen LogP contribution is 2.25. The molecule has 72 valence electrons. The SMILES string of the molecule is OCCC(O)c1cccc(Br)c1F. The van der Waals surface area contributed by atoms with Crippen LogP contribution in [-0.4, -0.2) is 16.8 Å². The molecule has 0 radical (unpaired) electrons. The van der Waals surface area contributed by atoms with Crippen molar-refractivity contribution in [1.82, 2.24) is 0 Å². The van der Waals surface area contributed by atoms with Crippen LogP contribution in [0.3, 0.4) is 0 Å². The van der Waals surface area contributed by atoms with Crippen LogP contribution in [0.2, 0.25) is 0 Å². The Bertz CT molecular complexity index is 291. The average molecular weight is 249 g/mol. The van der Waals surface area contributed by atoms with Crippen LogP contribution < -0.4 is 0 Å². The zero-order valence-corrected chi connectivity index (χ0v) is 8.46. The Morgan fingerprint density at radius 2 is 2.15 bits per heavy atom. The Morgan fingerprint density at radius 1 is 1.46 bits per heavy atom. The van der Waals surface area contributed by atoms with E-state index in [9.17, 15) is 9.50 Å². The summed E-state index contributed by atoms with van der Waals surface area (Å²) in [6.45, 7) is -0.160. The molecule has 2 nitrogen and oxygen atoms in total. The first-order valence-electron chi connectivity index (χ1n) is 3.89. The standard InChI is InChI=1S/C9H10BrFO2/c10-7-3-1-2-6(9(7)11)8(13)4-5-12/h1-3,8,12-13H,4-5H2. The van der Waals surface area contributed by atoms with E-state index >= 15 is 0 Å². The number of hydrogen-bond donors (Lipinski definition) is 2. The second-order valence-corrected chi connectivity index (χ2v) is 3.53. The van der Waals surface area contributed by atoms with Gasteiger partial charge in [0.2, 0.25) is 0 Å². The van der Waals surface area contributed by atoms with Crippen molar-refractivity contribution in [2.24, 2.45) is 0 Å². The van der Waals surface area contributed by atoms with Gasteiger partial charge in [0.15, 0.2) is 0 Å². The smallest absolute Gasteiger partial charge is 0.143 e. The minimum Gasteiger partial charge on any atom is -0.396 e. The molecule has 0 bridgehead atoms. The van der Waals surface area contributed by atoms with Crippen molar-refractivity contribution >= 4 is 15.9 Å². The van der Waals surface area contributed by atoms with Crippen molar-refractivity contribution in [1.29, 1.82) is 0 Å². The zero-order valence-electron chi connectivity index (χ0n) is 6.87. The summed E-state index contributed by atoms with van der Waals surface area (Å²) in [5.74, 6) is -0.469. The predicted molar refractivity (Wildman–Crippen MR) is 50.8 cm³/mol. The summed E-state index contributed by atoms with van der Waals surface area (Å²) in [5.41, 5.74) is 0.212. The molecule has 1 unspecified atom stereocenters. The molecule has 0 saturated carbocycles. The number of hydrogen-bond acceptors (Lipinski definition) is 2. The molecule has 1 rings (SSSR count). The second kappa shape index (κ2) is 4.69. The van der Waals surface area contributed by atoms with Gasteiger partial charge in [-0.3, -0.25) is 0 Å². The summed E-state index contributed by atoms with van der Waals surface area (Å²) in [7, 11) is 0. The zero-order chi connectivity index (χ0) is 9.84. The number of benzene rings is 1. The first-order valence-corrected chi connectivity index (χ1v) is 4.69. The predicted octanol–water partition coefficient (Wildman–Crippen LogP) is 2.00. The molecule has 13 heavy (non-hydrogen) atoms. The third kappa shape index (κ3) is 2.49. The Labute approximate surface area is 84.1 Å². The number of aliphatic hydroxyl groups is 2.